The Kier molecular flexibility index (Phi) is 2.57. The third-order valence-electron chi connectivity index (χ3n) is 3.05. The van der Waals surface area contributed by atoms with E-state index >= 15 is 0 Å². The lowest BCUT2D eigenvalue weighted by Crippen LogP contribution is -2.43. The number of para-hydroxylation sites is 1. The van der Waals surface area contributed by atoms with Gasteiger partial charge in [-0.15, -0.1) is 0 Å². The Hall–Kier alpha value is -1.81. The first kappa shape index (κ1) is 10.4. The van der Waals surface area contributed by atoms with Crippen LogP contribution in [0.15, 0.2) is 39.5 Å². The van der Waals surface area contributed by atoms with E-state index in [0.717, 1.165) is 26.2 Å². The summed E-state index contributed by atoms with van der Waals surface area (Å²) in [5.41, 5.74) is 0.689. The number of nitrogens with zero attached hydrogens (tertiary/aromatic N) is 1. The van der Waals surface area contributed by atoms with Gasteiger partial charge in [-0.1, -0.05) is 12.1 Å². The first-order valence-electron chi connectivity index (χ1n) is 5.83. The number of nitrogens with one attached hydrogen (secondary N) is 1. The molecule has 1 aromatic heterocycles. The molecule has 1 N–H and O–H groups in total. The van der Waals surface area contributed by atoms with Gasteiger partial charge in [0.1, 0.15) is 5.58 Å². The van der Waals surface area contributed by atoms with Crippen LogP contribution in [0, 0.1) is 0 Å². The predicted octanol–water partition coefficient (Wildman–Crippen LogP) is 1.20. The van der Waals surface area contributed by atoms with Crippen molar-refractivity contribution in [2.45, 2.75) is 0 Å². The molecular formula is C13H14N2O2. The zero-order chi connectivity index (χ0) is 11.7. The van der Waals surface area contributed by atoms with Crippen molar-refractivity contribution in [3.8, 4) is 0 Å². The minimum atomic E-state index is 0.0281. The minimum absolute atomic E-state index is 0.0281. The number of fused-ring (bicyclic) bond motifs is 1. The summed E-state index contributed by atoms with van der Waals surface area (Å²) in [4.78, 5) is 14.0. The normalized spacial score (nSPS) is 16.4. The van der Waals surface area contributed by atoms with E-state index in [-0.39, 0.29) is 5.43 Å². The molecule has 3 rings (SSSR count). The number of piperazine rings is 1. The number of anilines is 1. The molecule has 1 saturated heterocycles. The molecule has 0 radical (unpaired) electrons. The minimum Gasteiger partial charge on any atom is -0.440 e. The lowest BCUT2D eigenvalue weighted by atomic mass is 10.2. The highest BCUT2D eigenvalue weighted by atomic mass is 16.4. The Balaban J connectivity index is 2.08. The summed E-state index contributed by atoms with van der Waals surface area (Å²) in [6, 6.07) is 8.95. The number of hydrogen-bond acceptors (Lipinski definition) is 4. The van der Waals surface area contributed by atoms with Crippen molar-refractivity contribution in [3.63, 3.8) is 0 Å². The van der Waals surface area contributed by atoms with Crippen molar-refractivity contribution in [3.05, 3.63) is 40.6 Å². The Labute approximate surface area is 98.8 Å². The van der Waals surface area contributed by atoms with Crippen molar-refractivity contribution >= 4 is 16.9 Å². The van der Waals surface area contributed by atoms with Gasteiger partial charge in [-0.3, -0.25) is 4.79 Å². The van der Waals surface area contributed by atoms with Gasteiger partial charge in [0, 0.05) is 32.2 Å². The number of hydrogen-bond donors (Lipinski definition) is 1. The molecular weight excluding hydrogens is 216 g/mol. The molecule has 88 valence electrons. The van der Waals surface area contributed by atoms with Crippen LogP contribution in [0.5, 0.6) is 0 Å². The summed E-state index contributed by atoms with van der Waals surface area (Å²) in [5.74, 6) is 0.676. The van der Waals surface area contributed by atoms with Crippen molar-refractivity contribution in [2.24, 2.45) is 0 Å². The quantitative estimate of drug-likeness (QED) is 0.799. The molecule has 4 nitrogen and oxygen atoms in total. The molecule has 4 heteroatoms. The molecule has 1 fully saturated rings. The van der Waals surface area contributed by atoms with Gasteiger partial charge in [0.05, 0.1) is 5.39 Å². The topological polar surface area (TPSA) is 45.5 Å². The van der Waals surface area contributed by atoms with Crippen LogP contribution >= 0.6 is 0 Å². The van der Waals surface area contributed by atoms with Crippen molar-refractivity contribution in [1.82, 2.24) is 5.32 Å². The van der Waals surface area contributed by atoms with Crippen LogP contribution in [0.25, 0.3) is 11.0 Å². The predicted molar refractivity (Wildman–Crippen MR) is 67.6 cm³/mol. The first-order chi connectivity index (χ1) is 8.34. The lowest BCUT2D eigenvalue weighted by molar-refractivity contribution is 0.521. The molecule has 1 aliphatic rings. The van der Waals surface area contributed by atoms with E-state index in [1.165, 1.54) is 0 Å². The highest BCUT2D eigenvalue weighted by molar-refractivity contribution is 5.77. The second-order valence-electron chi connectivity index (χ2n) is 4.18. The summed E-state index contributed by atoms with van der Waals surface area (Å²) in [5, 5.41) is 3.92. The molecule has 0 unspecified atom stereocenters. The maximum Gasteiger partial charge on any atom is 0.200 e. The first-order valence-corrected chi connectivity index (χ1v) is 5.83. The van der Waals surface area contributed by atoms with Crippen LogP contribution in [0.4, 0.5) is 5.88 Å². The van der Waals surface area contributed by atoms with Gasteiger partial charge in [-0.25, -0.2) is 0 Å². The van der Waals surface area contributed by atoms with Crippen LogP contribution in [0.1, 0.15) is 0 Å². The Morgan fingerprint density at radius 3 is 2.76 bits per heavy atom. The average Bonchev–Trinajstić information content (AvgIpc) is 2.40. The Morgan fingerprint density at radius 1 is 1.18 bits per heavy atom. The van der Waals surface area contributed by atoms with Crippen LogP contribution in [0.2, 0.25) is 0 Å². The maximum atomic E-state index is 11.9. The van der Waals surface area contributed by atoms with Gasteiger partial charge >= 0.3 is 0 Å². The van der Waals surface area contributed by atoms with Gasteiger partial charge in [0.2, 0.25) is 0 Å². The summed E-state index contributed by atoms with van der Waals surface area (Å²) in [6.45, 7) is 3.61. The second-order valence-corrected chi connectivity index (χ2v) is 4.18. The van der Waals surface area contributed by atoms with E-state index in [4.69, 9.17) is 4.42 Å². The van der Waals surface area contributed by atoms with E-state index in [1.54, 1.807) is 12.1 Å². The average molecular weight is 230 g/mol. The molecule has 2 aromatic rings. The molecule has 0 saturated carbocycles. The van der Waals surface area contributed by atoms with Crippen molar-refractivity contribution in [2.75, 3.05) is 31.1 Å². The number of rotatable bonds is 1. The summed E-state index contributed by atoms with van der Waals surface area (Å²) >= 11 is 0. The monoisotopic (exact) mass is 230 g/mol. The van der Waals surface area contributed by atoms with E-state index in [2.05, 4.69) is 10.2 Å². The summed E-state index contributed by atoms with van der Waals surface area (Å²) < 4.78 is 5.78. The van der Waals surface area contributed by atoms with Crippen molar-refractivity contribution in [1.29, 1.82) is 0 Å². The second kappa shape index (κ2) is 4.22. The van der Waals surface area contributed by atoms with Crippen molar-refractivity contribution < 1.29 is 4.42 Å². The fourth-order valence-electron chi connectivity index (χ4n) is 2.13. The van der Waals surface area contributed by atoms with Crippen LogP contribution < -0.4 is 15.6 Å². The summed E-state index contributed by atoms with van der Waals surface area (Å²) in [7, 11) is 0. The molecule has 1 aromatic carbocycles. The molecule has 2 heterocycles. The number of benzene rings is 1. The largest absolute Gasteiger partial charge is 0.440 e. The molecule has 17 heavy (non-hydrogen) atoms. The zero-order valence-electron chi connectivity index (χ0n) is 9.48. The molecule has 0 atom stereocenters. The van der Waals surface area contributed by atoms with E-state index in [0.29, 0.717) is 16.9 Å². The Morgan fingerprint density at radius 2 is 1.94 bits per heavy atom. The van der Waals surface area contributed by atoms with Crippen LogP contribution in [0.3, 0.4) is 0 Å². The van der Waals surface area contributed by atoms with Gasteiger partial charge in [-0.2, -0.15) is 0 Å². The zero-order valence-corrected chi connectivity index (χ0v) is 9.48. The third-order valence-corrected chi connectivity index (χ3v) is 3.05. The molecule has 0 bridgehead atoms. The van der Waals surface area contributed by atoms with Gasteiger partial charge < -0.3 is 14.6 Å². The van der Waals surface area contributed by atoms with Gasteiger partial charge in [0.25, 0.3) is 0 Å². The fourth-order valence-corrected chi connectivity index (χ4v) is 2.13. The molecule has 1 aliphatic heterocycles. The van der Waals surface area contributed by atoms with Crippen LogP contribution in [-0.2, 0) is 0 Å². The van der Waals surface area contributed by atoms with Gasteiger partial charge in [0.15, 0.2) is 11.3 Å². The van der Waals surface area contributed by atoms with Gasteiger partial charge in [-0.05, 0) is 12.1 Å². The fraction of sp³-hybridized carbons (Fsp3) is 0.308. The van der Waals surface area contributed by atoms with E-state index < -0.39 is 0 Å². The standard InChI is InChI=1S/C13H14N2O2/c16-11-9-13(15-7-5-14-6-8-15)17-12-4-2-1-3-10(11)12/h1-4,9,14H,5-8H2. The highest BCUT2D eigenvalue weighted by Gasteiger charge is 2.14. The highest BCUT2D eigenvalue weighted by Crippen LogP contribution is 2.18. The maximum absolute atomic E-state index is 11.9. The smallest absolute Gasteiger partial charge is 0.200 e. The summed E-state index contributed by atoms with van der Waals surface area (Å²) in [6.07, 6.45) is 0. The Bertz CT molecular complexity index is 585. The molecule has 0 spiro atoms. The lowest BCUT2D eigenvalue weighted by Gasteiger charge is -2.27. The molecule has 0 amide bonds. The SMILES string of the molecule is O=c1cc(N2CCNCC2)oc2ccccc12. The molecule has 0 aliphatic carbocycles. The van der Waals surface area contributed by atoms with E-state index in [1.807, 2.05) is 18.2 Å². The van der Waals surface area contributed by atoms with Crippen LogP contribution in [-0.4, -0.2) is 26.2 Å². The third kappa shape index (κ3) is 1.91. The van der Waals surface area contributed by atoms with E-state index in [9.17, 15) is 4.79 Å².